The molecule has 3 nitrogen and oxygen atoms in total. The van der Waals surface area contributed by atoms with E-state index in [-0.39, 0.29) is 11.8 Å². The fraction of sp³-hybridized carbons (Fsp3) is 0.200. The zero-order chi connectivity index (χ0) is 13.8. The van der Waals surface area contributed by atoms with Gasteiger partial charge in [0.05, 0.1) is 0 Å². The molecule has 0 unspecified atom stereocenters. The normalized spacial score (nSPS) is 12.2. The summed E-state index contributed by atoms with van der Waals surface area (Å²) in [7, 11) is 0. The Morgan fingerprint density at radius 1 is 1.21 bits per heavy atom. The number of hydrogen-bond acceptors (Lipinski definition) is 3. The van der Waals surface area contributed by atoms with Crippen LogP contribution in [0.1, 0.15) is 24.1 Å². The smallest absolute Gasteiger partial charge is 0.124 e. The van der Waals surface area contributed by atoms with Crippen LogP contribution in [0.25, 0.3) is 0 Å². The van der Waals surface area contributed by atoms with E-state index in [0.29, 0.717) is 6.61 Å². The quantitative estimate of drug-likeness (QED) is 0.901. The topological polar surface area (TPSA) is 55.5 Å². The Labute approximate surface area is 121 Å². The molecule has 2 aromatic rings. The van der Waals surface area contributed by atoms with Crippen molar-refractivity contribution in [3.05, 3.63) is 58.1 Å². The van der Waals surface area contributed by atoms with Crippen molar-refractivity contribution in [3.63, 3.8) is 0 Å². The zero-order valence-electron chi connectivity index (χ0n) is 10.6. The van der Waals surface area contributed by atoms with Crippen LogP contribution in [0.15, 0.2) is 46.9 Å². The van der Waals surface area contributed by atoms with Crippen LogP contribution in [0.5, 0.6) is 11.5 Å². The van der Waals surface area contributed by atoms with Gasteiger partial charge in [0, 0.05) is 16.1 Å². The van der Waals surface area contributed by atoms with Crippen LogP contribution in [0.4, 0.5) is 0 Å². The van der Waals surface area contributed by atoms with Crippen LogP contribution in [-0.4, -0.2) is 5.11 Å². The van der Waals surface area contributed by atoms with Crippen molar-refractivity contribution in [1.29, 1.82) is 0 Å². The number of aromatic hydroxyl groups is 1. The molecular formula is C15H16BrNO2. The van der Waals surface area contributed by atoms with E-state index in [4.69, 9.17) is 10.5 Å². The average molecular weight is 322 g/mol. The molecule has 100 valence electrons. The second-order valence-corrected chi connectivity index (χ2v) is 5.34. The molecule has 0 bridgehead atoms. The highest BCUT2D eigenvalue weighted by Crippen LogP contribution is 2.28. The molecule has 3 N–H and O–H groups in total. The van der Waals surface area contributed by atoms with Crippen molar-refractivity contribution < 1.29 is 9.84 Å². The Morgan fingerprint density at radius 2 is 1.89 bits per heavy atom. The average Bonchev–Trinajstić information content (AvgIpc) is 2.39. The Morgan fingerprint density at radius 3 is 2.53 bits per heavy atom. The highest BCUT2D eigenvalue weighted by molar-refractivity contribution is 9.10. The van der Waals surface area contributed by atoms with Crippen LogP contribution in [0.3, 0.4) is 0 Å². The summed E-state index contributed by atoms with van der Waals surface area (Å²) in [5.74, 6) is 1.04. The number of halogens is 1. The van der Waals surface area contributed by atoms with Crippen molar-refractivity contribution in [2.24, 2.45) is 5.73 Å². The molecule has 1 atom stereocenters. The Balaban J connectivity index is 2.13. The van der Waals surface area contributed by atoms with Crippen LogP contribution < -0.4 is 10.5 Å². The van der Waals surface area contributed by atoms with Crippen molar-refractivity contribution in [3.8, 4) is 11.5 Å². The lowest BCUT2D eigenvalue weighted by atomic mass is 10.1. The third kappa shape index (κ3) is 3.72. The van der Waals surface area contributed by atoms with Crippen molar-refractivity contribution in [2.75, 3.05) is 0 Å². The first-order chi connectivity index (χ1) is 9.06. The van der Waals surface area contributed by atoms with Gasteiger partial charge >= 0.3 is 0 Å². The molecule has 0 aliphatic rings. The third-order valence-electron chi connectivity index (χ3n) is 2.79. The SMILES string of the molecule is C[C@@H](N)c1cc(Br)ccc1OCc1ccc(O)cc1. The van der Waals surface area contributed by atoms with E-state index in [9.17, 15) is 5.11 Å². The van der Waals surface area contributed by atoms with E-state index in [1.165, 1.54) is 0 Å². The Kier molecular flexibility index (Phi) is 4.45. The molecule has 0 aromatic heterocycles. The van der Waals surface area contributed by atoms with Gasteiger partial charge in [0.25, 0.3) is 0 Å². The van der Waals surface area contributed by atoms with Gasteiger partial charge in [0.15, 0.2) is 0 Å². The number of ether oxygens (including phenoxy) is 1. The lowest BCUT2D eigenvalue weighted by molar-refractivity contribution is 0.301. The van der Waals surface area contributed by atoms with Crippen LogP contribution in [-0.2, 0) is 6.61 Å². The highest BCUT2D eigenvalue weighted by atomic mass is 79.9. The third-order valence-corrected chi connectivity index (χ3v) is 3.29. The van der Waals surface area contributed by atoms with E-state index >= 15 is 0 Å². The number of phenolic OH excluding ortho intramolecular Hbond substituents is 1. The maximum atomic E-state index is 9.23. The van der Waals surface area contributed by atoms with E-state index in [0.717, 1.165) is 21.3 Å². The molecular weight excluding hydrogens is 306 g/mol. The highest BCUT2D eigenvalue weighted by Gasteiger charge is 2.09. The van der Waals surface area contributed by atoms with Gasteiger partial charge in [0.1, 0.15) is 18.1 Å². The van der Waals surface area contributed by atoms with Gasteiger partial charge in [-0.1, -0.05) is 28.1 Å². The maximum absolute atomic E-state index is 9.23. The van der Waals surface area contributed by atoms with Crippen LogP contribution >= 0.6 is 15.9 Å². The second kappa shape index (κ2) is 6.08. The standard InChI is InChI=1S/C15H16BrNO2/c1-10(17)14-8-12(16)4-7-15(14)19-9-11-2-5-13(18)6-3-11/h2-8,10,18H,9,17H2,1H3/t10-/m1/s1. The van der Waals surface area contributed by atoms with E-state index in [1.807, 2.05) is 37.3 Å². The molecule has 0 saturated carbocycles. The first-order valence-corrected chi connectivity index (χ1v) is 6.81. The van der Waals surface area contributed by atoms with Gasteiger partial charge in [0.2, 0.25) is 0 Å². The van der Waals surface area contributed by atoms with Gasteiger partial charge in [-0.05, 0) is 42.8 Å². The van der Waals surface area contributed by atoms with Crippen molar-refractivity contribution in [1.82, 2.24) is 0 Å². The van der Waals surface area contributed by atoms with Gasteiger partial charge in [-0.2, -0.15) is 0 Å². The summed E-state index contributed by atoms with van der Waals surface area (Å²) >= 11 is 3.43. The van der Waals surface area contributed by atoms with Crippen molar-refractivity contribution >= 4 is 15.9 Å². The van der Waals surface area contributed by atoms with Gasteiger partial charge in [-0.25, -0.2) is 0 Å². The summed E-state index contributed by atoms with van der Waals surface area (Å²) in [5, 5.41) is 9.23. The summed E-state index contributed by atoms with van der Waals surface area (Å²) in [4.78, 5) is 0. The fourth-order valence-corrected chi connectivity index (χ4v) is 2.14. The van der Waals surface area contributed by atoms with Crippen molar-refractivity contribution in [2.45, 2.75) is 19.6 Å². The van der Waals surface area contributed by atoms with E-state index in [2.05, 4.69) is 15.9 Å². The Hall–Kier alpha value is -1.52. The largest absolute Gasteiger partial charge is 0.508 e. The van der Waals surface area contributed by atoms with Gasteiger partial charge in [-0.15, -0.1) is 0 Å². The lowest BCUT2D eigenvalue weighted by Gasteiger charge is -2.14. The summed E-state index contributed by atoms with van der Waals surface area (Å²) in [6.45, 7) is 2.37. The molecule has 0 fully saturated rings. The molecule has 0 aliphatic heterocycles. The van der Waals surface area contributed by atoms with Crippen LogP contribution in [0, 0.1) is 0 Å². The molecule has 0 aliphatic carbocycles. The number of benzene rings is 2. The molecule has 0 radical (unpaired) electrons. The molecule has 4 heteroatoms. The summed E-state index contributed by atoms with van der Waals surface area (Å²) in [5.41, 5.74) is 7.90. The lowest BCUT2D eigenvalue weighted by Crippen LogP contribution is -2.08. The first kappa shape index (κ1) is 13.9. The maximum Gasteiger partial charge on any atom is 0.124 e. The first-order valence-electron chi connectivity index (χ1n) is 6.02. The van der Waals surface area contributed by atoms with E-state index < -0.39 is 0 Å². The molecule has 0 saturated heterocycles. The molecule has 0 spiro atoms. The number of phenols is 1. The number of nitrogens with two attached hydrogens (primary N) is 1. The molecule has 2 aromatic carbocycles. The predicted octanol–water partition coefficient (Wildman–Crippen LogP) is 3.75. The Bertz CT molecular complexity index is 553. The zero-order valence-corrected chi connectivity index (χ0v) is 12.2. The minimum Gasteiger partial charge on any atom is -0.508 e. The monoisotopic (exact) mass is 321 g/mol. The molecule has 0 heterocycles. The van der Waals surface area contributed by atoms with E-state index in [1.54, 1.807) is 12.1 Å². The summed E-state index contributed by atoms with van der Waals surface area (Å²) in [6.07, 6.45) is 0. The fourth-order valence-electron chi connectivity index (χ4n) is 1.76. The molecule has 2 rings (SSSR count). The molecule has 0 amide bonds. The second-order valence-electron chi connectivity index (χ2n) is 4.43. The summed E-state index contributed by atoms with van der Waals surface area (Å²) in [6, 6.07) is 12.7. The number of hydrogen-bond donors (Lipinski definition) is 2. The van der Waals surface area contributed by atoms with Crippen LogP contribution in [0.2, 0.25) is 0 Å². The number of rotatable bonds is 4. The summed E-state index contributed by atoms with van der Waals surface area (Å²) < 4.78 is 6.78. The van der Waals surface area contributed by atoms with Gasteiger partial charge in [-0.3, -0.25) is 0 Å². The minimum atomic E-state index is -0.0904. The van der Waals surface area contributed by atoms with Gasteiger partial charge < -0.3 is 15.6 Å². The molecule has 19 heavy (non-hydrogen) atoms. The predicted molar refractivity (Wildman–Crippen MR) is 79.2 cm³/mol. The minimum absolute atomic E-state index is 0.0904.